The van der Waals surface area contributed by atoms with E-state index in [1.54, 1.807) is 18.1 Å². The maximum Gasteiger partial charge on any atom is 0.322 e. The summed E-state index contributed by atoms with van der Waals surface area (Å²) in [5.74, 6) is 0.677. The van der Waals surface area contributed by atoms with Crippen molar-refractivity contribution >= 4 is 17.6 Å². The highest BCUT2D eigenvalue weighted by Crippen LogP contribution is 2.23. The second-order valence-corrected chi connectivity index (χ2v) is 6.86. The van der Waals surface area contributed by atoms with Gasteiger partial charge in [-0.25, -0.2) is 4.79 Å². The number of nitrogens with one attached hydrogen (secondary N) is 2. The van der Waals surface area contributed by atoms with Crippen LogP contribution in [0.25, 0.3) is 0 Å². The Bertz CT molecular complexity index is 614. The zero-order valence-electron chi connectivity index (χ0n) is 14.8. The van der Waals surface area contributed by atoms with Crippen molar-refractivity contribution in [2.24, 2.45) is 0 Å². The van der Waals surface area contributed by atoms with Crippen LogP contribution in [0, 0.1) is 0 Å². The number of rotatable bonds is 4. The number of amides is 3. The van der Waals surface area contributed by atoms with E-state index < -0.39 is 0 Å². The lowest BCUT2D eigenvalue weighted by atomic mass is 9.95. The van der Waals surface area contributed by atoms with E-state index in [4.69, 9.17) is 4.74 Å². The molecule has 6 heteroatoms. The van der Waals surface area contributed by atoms with Crippen molar-refractivity contribution in [3.63, 3.8) is 0 Å². The van der Waals surface area contributed by atoms with Crippen molar-refractivity contribution in [1.29, 1.82) is 0 Å². The summed E-state index contributed by atoms with van der Waals surface area (Å²) < 4.78 is 5.18. The predicted molar refractivity (Wildman–Crippen MR) is 96.8 cm³/mol. The van der Waals surface area contributed by atoms with Crippen molar-refractivity contribution in [1.82, 2.24) is 10.2 Å². The number of methoxy groups -OCH3 is 1. The molecule has 0 bridgehead atoms. The number of benzene rings is 1. The Morgan fingerprint density at radius 1 is 1.12 bits per heavy atom. The third kappa shape index (κ3) is 4.44. The number of hydrogen-bond donors (Lipinski definition) is 2. The summed E-state index contributed by atoms with van der Waals surface area (Å²) in [4.78, 5) is 26.9. The van der Waals surface area contributed by atoms with Crippen LogP contribution in [-0.4, -0.2) is 42.6 Å². The van der Waals surface area contributed by atoms with Crippen LogP contribution >= 0.6 is 0 Å². The highest BCUT2D eigenvalue weighted by Gasteiger charge is 2.35. The summed E-state index contributed by atoms with van der Waals surface area (Å²) >= 11 is 0. The molecule has 1 heterocycles. The van der Waals surface area contributed by atoms with Gasteiger partial charge < -0.3 is 20.3 Å². The number of ether oxygens (including phenoxy) is 1. The van der Waals surface area contributed by atoms with Crippen molar-refractivity contribution in [2.45, 2.75) is 57.0 Å². The smallest absolute Gasteiger partial charge is 0.322 e. The molecule has 2 N–H and O–H groups in total. The van der Waals surface area contributed by atoms with Gasteiger partial charge in [0.1, 0.15) is 11.8 Å². The number of carbonyl (C=O) groups excluding carboxylic acids is 2. The normalized spacial score (nSPS) is 21.0. The minimum atomic E-state index is -0.368. The van der Waals surface area contributed by atoms with E-state index in [0.29, 0.717) is 18.0 Å². The zero-order valence-corrected chi connectivity index (χ0v) is 14.8. The summed E-state index contributed by atoms with van der Waals surface area (Å²) in [6, 6.07) is 6.91. The fraction of sp³-hybridized carbons (Fsp3) is 0.579. The van der Waals surface area contributed by atoms with E-state index >= 15 is 0 Å². The first-order valence-corrected chi connectivity index (χ1v) is 9.19. The minimum Gasteiger partial charge on any atom is -0.497 e. The molecular formula is C19H27N3O3. The van der Waals surface area contributed by atoms with E-state index in [2.05, 4.69) is 10.6 Å². The van der Waals surface area contributed by atoms with Crippen LogP contribution in [0.3, 0.4) is 0 Å². The largest absolute Gasteiger partial charge is 0.497 e. The highest BCUT2D eigenvalue weighted by molar-refractivity contribution is 5.94. The first-order valence-electron chi connectivity index (χ1n) is 9.19. The van der Waals surface area contributed by atoms with E-state index in [1.165, 1.54) is 19.3 Å². The van der Waals surface area contributed by atoms with Gasteiger partial charge in [-0.3, -0.25) is 4.79 Å². The Morgan fingerprint density at radius 3 is 2.68 bits per heavy atom. The van der Waals surface area contributed by atoms with Crippen LogP contribution < -0.4 is 15.4 Å². The van der Waals surface area contributed by atoms with Gasteiger partial charge in [-0.05, 0) is 37.8 Å². The lowest BCUT2D eigenvalue weighted by Crippen LogP contribution is -2.50. The van der Waals surface area contributed by atoms with Gasteiger partial charge in [-0.2, -0.15) is 0 Å². The van der Waals surface area contributed by atoms with Gasteiger partial charge >= 0.3 is 6.03 Å². The Labute approximate surface area is 148 Å². The number of urea groups is 1. The number of anilines is 1. The molecule has 1 aliphatic heterocycles. The Kier molecular flexibility index (Phi) is 5.79. The van der Waals surface area contributed by atoms with Crippen LogP contribution in [0.5, 0.6) is 5.75 Å². The van der Waals surface area contributed by atoms with Gasteiger partial charge in [0.05, 0.1) is 7.11 Å². The zero-order chi connectivity index (χ0) is 17.6. The SMILES string of the molecule is COc1cccc(NC(=O)N2CCC[C@H]2C(=O)NC2CCCCC2)c1. The molecule has 0 spiro atoms. The van der Waals surface area contributed by atoms with Crippen LogP contribution in [-0.2, 0) is 4.79 Å². The van der Waals surface area contributed by atoms with E-state index in [-0.39, 0.29) is 24.0 Å². The molecule has 3 amide bonds. The molecule has 1 saturated heterocycles. The standard InChI is InChI=1S/C19H27N3O3/c1-25-16-10-5-9-15(13-16)21-19(24)22-12-6-11-17(22)18(23)20-14-7-3-2-4-8-14/h5,9-10,13-14,17H,2-4,6-8,11-12H2,1H3,(H,20,23)(H,21,24)/t17-/m0/s1. The summed E-state index contributed by atoms with van der Waals surface area (Å²) in [5.41, 5.74) is 0.669. The van der Waals surface area contributed by atoms with Crippen molar-refractivity contribution in [2.75, 3.05) is 19.0 Å². The molecular weight excluding hydrogens is 318 g/mol. The quantitative estimate of drug-likeness (QED) is 0.881. The first-order chi connectivity index (χ1) is 12.2. The summed E-state index contributed by atoms with van der Waals surface area (Å²) in [6.07, 6.45) is 7.29. The Morgan fingerprint density at radius 2 is 1.92 bits per heavy atom. The number of carbonyl (C=O) groups is 2. The predicted octanol–water partition coefficient (Wildman–Crippen LogP) is 3.14. The van der Waals surface area contributed by atoms with E-state index in [0.717, 1.165) is 25.7 Å². The molecule has 1 saturated carbocycles. The molecule has 136 valence electrons. The van der Waals surface area contributed by atoms with Gasteiger partial charge in [0.15, 0.2) is 0 Å². The van der Waals surface area contributed by atoms with Crippen molar-refractivity contribution in [3.8, 4) is 5.75 Å². The lowest BCUT2D eigenvalue weighted by molar-refractivity contribution is -0.125. The number of nitrogens with zero attached hydrogens (tertiary/aromatic N) is 1. The monoisotopic (exact) mass is 345 g/mol. The fourth-order valence-corrected chi connectivity index (χ4v) is 3.72. The van der Waals surface area contributed by atoms with Gasteiger partial charge in [0.25, 0.3) is 0 Å². The topological polar surface area (TPSA) is 70.7 Å². The van der Waals surface area contributed by atoms with Crippen molar-refractivity contribution in [3.05, 3.63) is 24.3 Å². The average Bonchev–Trinajstić information content (AvgIpc) is 3.13. The number of likely N-dealkylation sites (tertiary alicyclic amines) is 1. The maximum absolute atomic E-state index is 12.6. The second kappa shape index (κ2) is 8.23. The third-order valence-electron chi connectivity index (χ3n) is 5.09. The molecule has 2 fully saturated rings. The van der Waals surface area contributed by atoms with Crippen LogP contribution in [0.1, 0.15) is 44.9 Å². The van der Waals surface area contributed by atoms with Crippen molar-refractivity contribution < 1.29 is 14.3 Å². The second-order valence-electron chi connectivity index (χ2n) is 6.86. The fourth-order valence-electron chi connectivity index (χ4n) is 3.72. The number of hydrogen-bond acceptors (Lipinski definition) is 3. The Hall–Kier alpha value is -2.24. The first kappa shape index (κ1) is 17.6. The van der Waals surface area contributed by atoms with Crippen LogP contribution in [0.4, 0.5) is 10.5 Å². The van der Waals surface area contributed by atoms with Gasteiger partial charge in [0.2, 0.25) is 5.91 Å². The van der Waals surface area contributed by atoms with E-state index in [1.807, 2.05) is 18.2 Å². The molecule has 1 aromatic carbocycles. The molecule has 3 rings (SSSR count). The molecule has 0 aromatic heterocycles. The van der Waals surface area contributed by atoms with Gasteiger partial charge in [-0.1, -0.05) is 25.3 Å². The molecule has 1 aromatic rings. The third-order valence-corrected chi connectivity index (χ3v) is 5.09. The maximum atomic E-state index is 12.6. The summed E-state index contributed by atoms with van der Waals surface area (Å²) in [7, 11) is 1.59. The molecule has 25 heavy (non-hydrogen) atoms. The molecule has 1 aliphatic carbocycles. The minimum absolute atomic E-state index is 0.00908. The molecule has 1 atom stereocenters. The van der Waals surface area contributed by atoms with Crippen LogP contribution in [0.2, 0.25) is 0 Å². The molecule has 0 radical (unpaired) electrons. The average molecular weight is 345 g/mol. The summed E-state index contributed by atoms with van der Waals surface area (Å²) in [6.45, 7) is 0.610. The molecule has 2 aliphatic rings. The Balaban J connectivity index is 1.59. The lowest BCUT2D eigenvalue weighted by Gasteiger charge is -2.28. The van der Waals surface area contributed by atoms with E-state index in [9.17, 15) is 9.59 Å². The van der Waals surface area contributed by atoms with Gasteiger partial charge in [0, 0.05) is 24.3 Å². The highest BCUT2D eigenvalue weighted by atomic mass is 16.5. The molecule has 0 unspecified atom stereocenters. The summed E-state index contributed by atoms with van der Waals surface area (Å²) in [5, 5.41) is 6.02. The van der Waals surface area contributed by atoms with Crippen LogP contribution in [0.15, 0.2) is 24.3 Å². The molecule has 6 nitrogen and oxygen atoms in total. The van der Waals surface area contributed by atoms with Gasteiger partial charge in [-0.15, -0.1) is 0 Å².